The van der Waals surface area contributed by atoms with E-state index in [9.17, 15) is 4.79 Å². The van der Waals surface area contributed by atoms with Gasteiger partial charge in [0.1, 0.15) is 0 Å². The number of aromatic amines is 1. The van der Waals surface area contributed by atoms with Crippen LogP contribution in [0.1, 0.15) is 69.1 Å². The average molecular weight is 509 g/mol. The number of hydrogen-bond acceptors (Lipinski definition) is 4. The van der Waals surface area contributed by atoms with Crippen molar-refractivity contribution < 1.29 is 9.22 Å². The molecule has 1 amide bonds. The van der Waals surface area contributed by atoms with Gasteiger partial charge in [-0.15, -0.1) is 0 Å². The van der Waals surface area contributed by atoms with Gasteiger partial charge >= 0.3 is 0 Å². The highest BCUT2D eigenvalue weighted by Gasteiger charge is 2.32. The summed E-state index contributed by atoms with van der Waals surface area (Å²) < 4.78 is 6.90. The Hall–Kier alpha value is -2.48. The molecule has 0 radical (unpaired) electrons. The molecule has 0 unspecified atom stereocenters. The van der Waals surface area contributed by atoms with Gasteiger partial charge in [0.05, 0.1) is 6.10 Å². The molecular weight excluding hydrogens is 464 g/mol. The van der Waals surface area contributed by atoms with Crippen LogP contribution in [0.2, 0.25) is 18.1 Å². The zero-order chi connectivity index (χ0) is 26.1. The Kier molecular flexibility index (Phi) is 10.3. The lowest BCUT2D eigenvalue weighted by Gasteiger charge is -2.34. The Labute approximate surface area is 218 Å². The van der Waals surface area contributed by atoms with Crippen molar-refractivity contribution in [1.82, 2.24) is 20.2 Å². The van der Waals surface area contributed by atoms with Gasteiger partial charge in [0.15, 0.2) is 8.32 Å². The first-order valence-electron chi connectivity index (χ1n) is 13.6. The van der Waals surface area contributed by atoms with Crippen LogP contribution in [0.5, 0.6) is 0 Å². The first-order chi connectivity index (χ1) is 17.4. The van der Waals surface area contributed by atoms with Gasteiger partial charge in [-0.25, -0.2) is 0 Å². The maximum absolute atomic E-state index is 12.8. The largest absolute Gasteiger partial charge is 0.409 e. The Morgan fingerprint density at radius 2 is 1.83 bits per heavy atom. The lowest BCUT2D eigenvalue weighted by atomic mass is 10.0. The zero-order valence-electron chi connectivity index (χ0n) is 22.9. The summed E-state index contributed by atoms with van der Waals surface area (Å²) in [6.45, 7) is 15.3. The minimum atomic E-state index is -1.77. The van der Waals surface area contributed by atoms with Gasteiger partial charge in [-0.2, -0.15) is 0 Å². The Balaban J connectivity index is 1.70. The molecule has 6 nitrogen and oxygen atoms in total. The number of nitrogens with zero attached hydrogens (tertiary/aromatic N) is 2. The molecule has 7 heteroatoms. The summed E-state index contributed by atoms with van der Waals surface area (Å²) in [6.07, 6.45) is 6.73. The number of nitrogens with one attached hydrogen (secondary N) is 2. The second-order valence-electron chi connectivity index (χ2n) is 9.70. The van der Waals surface area contributed by atoms with E-state index < -0.39 is 8.32 Å². The van der Waals surface area contributed by atoms with E-state index in [1.165, 1.54) is 10.9 Å². The quantitative estimate of drug-likeness (QED) is 0.250. The number of hydrogen-bond donors (Lipinski definition) is 2. The SMILES string of the molecule is CCN(CC)C(=O)c1ccc2c(C[C@@H](C)NC[C@H](O[Si](CC)(CC)CC)c3cccnc3)c[nH]c2c1. The number of benzene rings is 1. The number of carbonyl (C=O) groups is 1. The summed E-state index contributed by atoms with van der Waals surface area (Å²) in [4.78, 5) is 22.3. The molecule has 3 rings (SSSR count). The fraction of sp³-hybridized carbons (Fsp3) is 0.517. The van der Waals surface area contributed by atoms with Crippen molar-refractivity contribution in [3.05, 3.63) is 65.6 Å². The van der Waals surface area contributed by atoms with Crippen molar-refractivity contribution in [1.29, 1.82) is 0 Å². The molecule has 196 valence electrons. The van der Waals surface area contributed by atoms with E-state index in [-0.39, 0.29) is 18.1 Å². The molecule has 0 aliphatic heterocycles. The normalized spacial score (nSPS) is 13.6. The minimum Gasteiger partial charge on any atom is -0.409 e. The van der Waals surface area contributed by atoms with Gasteiger partial charge in [-0.1, -0.05) is 32.9 Å². The number of aromatic nitrogens is 2. The molecule has 2 heterocycles. The fourth-order valence-corrected chi connectivity index (χ4v) is 7.81. The van der Waals surface area contributed by atoms with Crippen molar-refractivity contribution in [2.45, 2.75) is 78.2 Å². The molecule has 2 aromatic heterocycles. The van der Waals surface area contributed by atoms with E-state index in [0.717, 1.165) is 47.7 Å². The summed E-state index contributed by atoms with van der Waals surface area (Å²) in [6, 6.07) is 13.8. The molecule has 0 spiro atoms. The number of carbonyl (C=O) groups excluding carboxylic acids is 1. The lowest BCUT2D eigenvalue weighted by molar-refractivity contribution is 0.0773. The van der Waals surface area contributed by atoms with Gasteiger partial charge in [-0.05, 0) is 74.7 Å². The molecule has 0 fully saturated rings. The second kappa shape index (κ2) is 13.2. The Morgan fingerprint density at radius 3 is 2.44 bits per heavy atom. The van der Waals surface area contributed by atoms with Crippen LogP contribution in [-0.4, -0.2) is 54.8 Å². The topological polar surface area (TPSA) is 70.2 Å². The van der Waals surface area contributed by atoms with Gasteiger partial charge in [0, 0.05) is 60.7 Å². The van der Waals surface area contributed by atoms with Crippen molar-refractivity contribution in [3.63, 3.8) is 0 Å². The van der Waals surface area contributed by atoms with E-state index in [0.29, 0.717) is 13.1 Å². The molecule has 2 N–H and O–H groups in total. The molecule has 0 saturated carbocycles. The van der Waals surface area contributed by atoms with Crippen molar-refractivity contribution in [2.24, 2.45) is 0 Å². The Bertz CT molecular complexity index is 1080. The summed E-state index contributed by atoms with van der Waals surface area (Å²) in [7, 11) is -1.77. The summed E-state index contributed by atoms with van der Waals surface area (Å²) >= 11 is 0. The van der Waals surface area contributed by atoms with Crippen molar-refractivity contribution >= 4 is 25.1 Å². The van der Waals surface area contributed by atoms with Gasteiger partial charge < -0.3 is 19.6 Å². The van der Waals surface area contributed by atoms with E-state index in [1.807, 2.05) is 49.3 Å². The Morgan fingerprint density at radius 1 is 1.11 bits per heavy atom. The second-order valence-corrected chi connectivity index (χ2v) is 14.4. The van der Waals surface area contributed by atoms with Crippen LogP contribution in [-0.2, 0) is 10.8 Å². The number of pyridine rings is 1. The number of H-pyrrole nitrogens is 1. The van der Waals surface area contributed by atoms with Crippen LogP contribution in [0, 0.1) is 0 Å². The third kappa shape index (κ3) is 6.63. The molecule has 0 aliphatic carbocycles. The third-order valence-corrected chi connectivity index (χ3v) is 12.3. The van der Waals surface area contributed by atoms with E-state index >= 15 is 0 Å². The highest BCUT2D eigenvalue weighted by atomic mass is 28.4. The minimum absolute atomic E-state index is 0.00397. The molecule has 0 saturated heterocycles. The molecular formula is C29H44N4O2Si. The van der Waals surface area contributed by atoms with Crippen LogP contribution in [0.25, 0.3) is 10.9 Å². The molecule has 1 aromatic carbocycles. The first-order valence-corrected chi connectivity index (χ1v) is 16.1. The molecule has 2 atom stereocenters. The fourth-order valence-electron chi connectivity index (χ4n) is 4.99. The predicted octanol–water partition coefficient (Wildman–Crippen LogP) is 6.33. The highest BCUT2D eigenvalue weighted by Crippen LogP contribution is 2.29. The number of fused-ring (bicyclic) bond motifs is 1. The lowest BCUT2D eigenvalue weighted by Crippen LogP contribution is -2.41. The van der Waals surface area contributed by atoms with Crippen molar-refractivity contribution in [3.8, 4) is 0 Å². The van der Waals surface area contributed by atoms with Gasteiger partial charge in [0.2, 0.25) is 0 Å². The monoisotopic (exact) mass is 508 g/mol. The standard InChI is InChI=1S/C29H44N4O2Si/c1-7-33(8-2)29(34)23-14-15-26-25(20-32-27(26)18-23)17-22(6)31-21-28(24-13-12-16-30-19-24)35-36(9-3,10-4)11-5/h12-16,18-20,22,28,31-32H,7-11,17,21H2,1-6H3/t22-,28+/m1/s1. The van der Waals surface area contributed by atoms with Crippen LogP contribution < -0.4 is 5.32 Å². The maximum atomic E-state index is 12.8. The molecule has 3 aromatic rings. The molecule has 0 aliphatic rings. The molecule has 36 heavy (non-hydrogen) atoms. The van der Waals surface area contributed by atoms with Crippen LogP contribution in [0.15, 0.2) is 48.9 Å². The highest BCUT2D eigenvalue weighted by molar-refractivity contribution is 6.73. The zero-order valence-corrected chi connectivity index (χ0v) is 23.9. The predicted molar refractivity (Wildman–Crippen MR) is 152 cm³/mol. The molecule has 0 bridgehead atoms. The number of amides is 1. The van der Waals surface area contributed by atoms with Gasteiger partial charge in [-0.3, -0.25) is 9.78 Å². The van der Waals surface area contributed by atoms with E-state index in [4.69, 9.17) is 4.43 Å². The smallest absolute Gasteiger partial charge is 0.253 e. The van der Waals surface area contributed by atoms with E-state index in [2.05, 4.69) is 61.3 Å². The van der Waals surface area contributed by atoms with Crippen molar-refractivity contribution in [2.75, 3.05) is 19.6 Å². The van der Waals surface area contributed by atoms with Gasteiger partial charge in [0.25, 0.3) is 5.91 Å². The average Bonchev–Trinajstić information content (AvgIpc) is 3.32. The van der Waals surface area contributed by atoms with Crippen LogP contribution in [0.4, 0.5) is 0 Å². The maximum Gasteiger partial charge on any atom is 0.253 e. The summed E-state index contributed by atoms with van der Waals surface area (Å²) in [5.41, 5.74) is 4.14. The van der Waals surface area contributed by atoms with E-state index in [1.54, 1.807) is 0 Å². The summed E-state index contributed by atoms with van der Waals surface area (Å²) in [5.74, 6) is 0.0837. The first kappa shape index (κ1) is 28.1. The number of rotatable bonds is 14. The summed E-state index contributed by atoms with van der Waals surface area (Å²) in [5, 5.41) is 4.91. The third-order valence-electron chi connectivity index (χ3n) is 7.62. The van der Waals surface area contributed by atoms with Crippen LogP contribution >= 0.6 is 0 Å². The van der Waals surface area contributed by atoms with Crippen LogP contribution in [0.3, 0.4) is 0 Å².